The average molecular weight is 232 g/mol. The van der Waals surface area contributed by atoms with Crippen molar-refractivity contribution >= 4 is 11.4 Å². The van der Waals surface area contributed by atoms with Gasteiger partial charge in [0.1, 0.15) is 0 Å². The van der Waals surface area contributed by atoms with Crippen LogP contribution in [0.3, 0.4) is 0 Å². The largest absolute Gasteiger partial charge is 0.472 e. The molecule has 0 amide bonds. The SMILES string of the molecule is Nc1ccc(NCCCO)cc1-c1ccoc1. The normalized spacial score (nSPS) is 10.4. The molecule has 4 heteroatoms. The quantitative estimate of drug-likeness (QED) is 0.546. The fraction of sp³-hybridized carbons (Fsp3) is 0.231. The first-order chi connectivity index (χ1) is 8.31. The van der Waals surface area contributed by atoms with E-state index < -0.39 is 0 Å². The van der Waals surface area contributed by atoms with Gasteiger partial charge in [-0.15, -0.1) is 0 Å². The van der Waals surface area contributed by atoms with Gasteiger partial charge in [0.15, 0.2) is 0 Å². The molecule has 0 aliphatic carbocycles. The molecule has 1 aromatic carbocycles. The van der Waals surface area contributed by atoms with Crippen molar-refractivity contribution in [2.24, 2.45) is 0 Å². The fourth-order valence-electron chi connectivity index (χ4n) is 1.65. The van der Waals surface area contributed by atoms with Gasteiger partial charge in [-0.1, -0.05) is 0 Å². The second kappa shape index (κ2) is 5.41. The Kier molecular flexibility index (Phi) is 3.67. The van der Waals surface area contributed by atoms with Gasteiger partial charge >= 0.3 is 0 Å². The third kappa shape index (κ3) is 2.79. The molecular formula is C13H16N2O2. The van der Waals surface area contributed by atoms with Crippen molar-refractivity contribution < 1.29 is 9.52 Å². The molecule has 0 aliphatic heterocycles. The van der Waals surface area contributed by atoms with Gasteiger partial charge in [0.2, 0.25) is 0 Å². The van der Waals surface area contributed by atoms with Crippen molar-refractivity contribution in [2.75, 3.05) is 24.2 Å². The number of hydrogen-bond acceptors (Lipinski definition) is 4. The first-order valence-electron chi connectivity index (χ1n) is 5.58. The molecule has 90 valence electrons. The summed E-state index contributed by atoms with van der Waals surface area (Å²) in [7, 11) is 0. The molecule has 0 saturated heterocycles. The maximum absolute atomic E-state index is 8.72. The molecule has 0 spiro atoms. The van der Waals surface area contributed by atoms with E-state index in [0.717, 1.165) is 35.5 Å². The predicted octanol–water partition coefficient (Wildman–Crippen LogP) is 2.32. The second-order valence-electron chi connectivity index (χ2n) is 3.82. The van der Waals surface area contributed by atoms with Crippen LogP contribution >= 0.6 is 0 Å². The lowest BCUT2D eigenvalue weighted by atomic mass is 10.1. The standard InChI is InChI=1S/C13H16N2O2/c14-13-3-2-11(15-5-1-6-16)8-12(13)10-4-7-17-9-10/h2-4,7-9,15-16H,1,5-6,14H2. The molecule has 0 unspecified atom stereocenters. The summed E-state index contributed by atoms with van der Waals surface area (Å²) < 4.78 is 5.05. The molecule has 0 fully saturated rings. The first kappa shape index (κ1) is 11.5. The van der Waals surface area contributed by atoms with Crippen LogP contribution in [-0.4, -0.2) is 18.3 Å². The topological polar surface area (TPSA) is 71.4 Å². The van der Waals surface area contributed by atoms with Crippen molar-refractivity contribution in [3.8, 4) is 11.1 Å². The van der Waals surface area contributed by atoms with E-state index in [4.69, 9.17) is 15.3 Å². The van der Waals surface area contributed by atoms with E-state index in [0.29, 0.717) is 0 Å². The monoisotopic (exact) mass is 232 g/mol. The lowest BCUT2D eigenvalue weighted by molar-refractivity contribution is 0.292. The van der Waals surface area contributed by atoms with E-state index in [1.807, 2.05) is 24.3 Å². The molecule has 2 rings (SSSR count). The molecule has 4 N–H and O–H groups in total. The van der Waals surface area contributed by atoms with Crippen molar-refractivity contribution in [3.63, 3.8) is 0 Å². The Bertz CT molecular complexity index is 466. The van der Waals surface area contributed by atoms with Crippen LogP contribution in [0.25, 0.3) is 11.1 Å². The Balaban J connectivity index is 2.18. The molecule has 2 aromatic rings. The van der Waals surface area contributed by atoms with Gasteiger partial charge in [0, 0.05) is 35.7 Å². The summed E-state index contributed by atoms with van der Waals surface area (Å²) in [5.74, 6) is 0. The fourth-order valence-corrected chi connectivity index (χ4v) is 1.65. The molecule has 0 radical (unpaired) electrons. The van der Waals surface area contributed by atoms with E-state index >= 15 is 0 Å². The Morgan fingerprint density at radius 3 is 2.88 bits per heavy atom. The number of aliphatic hydroxyl groups is 1. The molecular weight excluding hydrogens is 216 g/mol. The van der Waals surface area contributed by atoms with Crippen molar-refractivity contribution in [1.82, 2.24) is 0 Å². The highest BCUT2D eigenvalue weighted by Crippen LogP contribution is 2.29. The Morgan fingerprint density at radius 2 is 2.18 bits per heavy atom. The molecule has 0 atom stereocenters. The number of benzene rings is 1. The summed E-state index contributed by atoms with van der Waals surface area (Å²) in [4.78, 5) is 0. The van der Waals surface area contributed by atoms with E-state index in [1.165, 1.54) is 0 Å². The minimum absolute atomic E-state index is 0.191. The van der Waals surface area contributed by atoms with Crippen LogP contribution in [0.5, 0.6) is 0 Å². The van der Waals surface area contributed by atoms with E-state index in [2.05, 4.69) is 5.32 Å². The zero-order chi connectivity index (χ0) is 12.1. The maximum atomic E-state index is 8.72. The highest BCUT2D eigenvalue weighted by Gasteiger charge is 2.05. The summed E-state index contributed by atoms with van der Waals surface area (Å²) in [6.45, 7) is 0.932. The molecule has 0 saturated carbocycles. The van der Waals surface area contributed by atoms with Gasteiger partial charge in [-0.05, 0) is 30.7 Å². The van der Waals surface area contributed by atoms with Crippen LogP contribution in [-0.2, 0) is 0 Å². The van der Waals surface area contributed by atoms with Crippen molar-refractivity contribution in [1.29, 1.82) is 0 Å². The zero-order valence-electron chi connectivity index (χ0n) is 9.52. The van der Waals surface area contributed by atoms with Gasteiger partial charge in [-0.2, -0.15) is 0 Å². The number of nitrogens with one attached hydrogen (secondary N) is 1. The van der Waals surface area contributed by atoms with Gasteiger partial charge in [0.25, 0.3) is 0 Å². The van der Waals surface area contributed by atoms with Crippen LogP contribution in [0, 0.1) is 0 Å². The predicted molar refractivity (Wildman–Crippen MR) is 68.7 cm³/mol. The van der Waals surface area contributed by atoms with Crippen molar-refractivity contribution in [3.05, 3.63) is 36.8 Å². The Labute approximate surface area is 100 Å². The number of nitrogen functional groups attached to an aromatic ring is 1. The summed E-state index contributed by atoms with van der Waals surface area (Å²) in [6.07, 6.45) is 4.02. The molecule has 1 aromatic heterocycles. The van der Waals surface area contributed by atoms with E-state index in [1.54, 1.807) is 12.5 Å². The molecule has 1 heterocycles. The van der Waals surface area contributed by atoms with Crippen LogP contribution < -0.4 is 11.1 Å². The smallest absolute Gasteiger partial charge is 0.0981 e. The molecule has 4 nitrogen and oxygen atoms in total. The van der Waals surface area contributed by atoms with Crippen LogP contribution in [0.4, 0.5) is 11.4 Å². The first-order valence-corrected chi connectivity index (χ1v) is 5.58. The van der Waals surface area contributed by atoms with E-state index in [9.17, 15) is 0 Å². The molecule has 0 aliphatic rings. The third-order valence-electron chi connectivity index (χ3n) is 2.55. The van der Waals surface area contributed by atoms with E-state index in [-0.39, 0.29) is 6.61 Å². The van der Waals surface area contributed by atoms with Crippen molar-refractivity contribution in [2.45, 2.75) is 6.42 Å². The average Bonchev–Trinajstić information content (AvgIpc) is 2.85. The number of aliphatic hydroxyl groups excluding tert-OH is 1. The molecule has 17 heavy (non-hydrogen) atoms. The van der Waals surface area contributed by atoms with Gasteiger partial charge in [-0.25, -0.2) is 0 Å². The highest BCUT2D eigenvalue weighted by molar-refractivity contribution is 5.79. The summed E-state index contributed by atoms with van der Waals surface area (Å²) in [5.41, 5.74) is 9.55. The minimum atomic E-state index is 0.191. The Morgan fingerprint density at radius 1 is 1.29 bits per heavy atom. The molecule has 0 bridgehead atoms. The van der Waals surface area contributed by atoms with Gasteiger partial charge in [-0.3, -0.25) is 0 Å². The second-order valence-corrected chi connectivity index (χ2v) is 3.82. The van der Waals surface area contributed by atoms with Gasteiger partial charge < -0.3 is 20.6 Å². The number of hydrogen-bond donors (Lipinski definition) is 3. The van der Waals surface area contributed by atoms with Crippen LogP contribution in [0.2, 0.25) is 0 Å². The minimum Gasteiger partial charge on any atom is -0.472 e. The number of rotatable bonds is 5. The number of anilines is 2. The lowest BCUT2D eigenvalue weighted by Gasteiger charge is -2.09. The van der Waals surface area contributed by atoms with Crippen LogP contribution in [0.15, 0.2) is 41.2 Å². The third-order valence-corrected chi connectivity index (χ3v) is 2.55. The lowest BCUT2D eigenvalue weighted by Crippen LogP contribution is -2.03. The van der Waals surface area contributed by atoms with Gasteiger partial charge in [0.05, 0.1) is 12.5 Å². The maximum Gasteiger partial charge on any atom is 0.0981 e. The number of furan rings is 1. The summed E-state index contributed by atoms with van der Waals surface area (Å²) in [5, 5.41) is 11.9. The Hall–Kier alpha value is -1.94. The summed E-state index contributed by atoms with van der Waals surface area (Å²) >= 11 is 0. The van der Waals surface area contributed by atoms with Crippen LogP contribution in [0.1, 0.15) is 6.42 Å². The summed E-state index contributed by atoms with van der Waals surface area (Å²) in [6, 6.07) is 7.65. The zero-order valence-corrected chi connectivity index (χ0v) is 9.52. The highest BCUT2D eigenvalue weighted by atomic mass is 16.3. The number of nitrogens with two attached hydrogens (primary N) is 1.